The Balaban J connectivity index is 1.92. The van der Waals surface area contributed by atoms with Crippen LogP contribution in [0.3, 0.4) is 0 Å². The standard InChI is InChI=1S/C10H12ClN3/c11-8-5-13-9(14-6-8)10-1-2-12-4-7(10)3-10/h5-7,12H,1-4H2. The molecule has 1 aromatic rings. The van der Waals surface area contributed by atoms with E-state index in [-0.39, 0.29) is 5.41 Å². The van der Waals surface area contributed by atoms with Crippen molar-refractivity contribution in [2.75, 3.05) is 13.1 Å². The van der Waals surface area contributed by atoms with Crippen LogP contribution in [0.5, 0.6) is 0 Å². The highest BCUT2D eigenvalue weighted by Gasteiger charge is 2.58. The Morgan fingerprint density at radius 3 is 2.93 bits per heavy atom. The first kappa shape index (κ1) is 8.62. The number of hydrogen-bond donors (Lipinski definition) is 1. The number of nitrogens with zero attached hydrogens (tertiary/aromatic N) is 2. The van der Waals surface area contributed by atoms with Crippen LogP contribution in [0.1, 0.15) is 18.7 Å². The normalized spacial score (nSPS) is 35.1. The molecule has 2 heterocycles. The highest BCUT2D eigenvalue weighted by Crippen LogP contribution is 2.56. The van der Waals surface area contributed by atoms with Crippen LogP contribution in [0, 0.1) is 5.92 Å². The zero-order chi connectivity index (χ0) is 9.60. The first-order valence-electron chi connectivity index (χ1n) is 5.00. The number of piperidine rings is 1. The molecule has 1 N–H and O–H groups in total. The Morgan fingerprint density at radius 1 is 1.43 bits per heavy atom. The maximum absolute atomic E-state index is 5.77. The molecule has 2 atom stereocenters. The van der Waals surface area contributed by atoms with Gasteiger partial charge in [0, 0.05) is 17.8 Å². The van der Waals surface area contributed by atoms with Crippen molar-refractivity contribution in [1.82, 2.24) is 15.3 Å². The topological polar surface area (TPSA) is 37.8 Å². The van der Waals surface area contributed by atoms with Crippen LogP contribution in [0.15, 0.2) is 12.4 Å². The first-order chi connectivity index (χ1) is 6.81. The molecule has 3 rings (SSSR count). The van der Waals surface area contributed by atoms with Crippen molar-refractivity contribution >= 4 is 11.6 Å². The number of nitrogens with one attached hydrogen (secondary N) is 1. The highest BCUT2D eigenvalue weighted by molar-refractivity contribution is 6.30. The van der Waals surface area contributed by atoms with Gasteiger partial charge in [0.2, 0.25) is 0 Å². The summed E-state index contributed by atoms with van der Waals surface area (Å²) in [5, 5.41) is 4.02. The molecular formula is C10H12ClN3. The lowest BCUT2D eigenvalue weighted by Gasteiger charge is -2.21. The maximum Gasteiger partial charge on any atom is 0.134 e. The molecule has 0 aromatic carbocycles. The van der Waals surface area contributed by atoms with Crippen molar-refractivity contribution in [3.05, 3.63) is 23.2 Å². The molecular weight excluding hydrogens is 198 g/mol. The average Bonchev–Trinajstić information content (AvgIpc) is 2.94. The zero-order valence-corrected chi connectivity index (χ0v) is 8.59. The molecule has 3 nitrogen and oxygen atoms in total. The van der Waals surface area contributed by atoms with Gasteiger partial charge < -0.3 is 5.32 Å². The molecule has 1 aromatic heterocycles. The lowest BCUT2D eigenvalue weighted by molar-refractivity contribution is 0.429. The molecule has 2 unspecified atom stereocenters. The van der Waals surface area contributed by atoms with Crippen molar-refractivity contribution in [2.24, 2.45) is 5.92 Å². The third-order valence-corrected chi connectivity index (χ3v) is 3.63. The van der Waals surface area contributed by atoms with Crippen molar-refractivity contribution in [3.8, 4) is 0 Å². The number of aromatic nitrogens is 2. The molecule has 1 saturated heterocycles. The minimum Gasteiger partial charge on any atom is -0.316 e. The Hall–Kier alpha value is -0.670. The largest absolute Gasteiger partial charge is 0.316 e. The predicted molar refractivity (Wildman–Crippen MR) is 54.3 cm³/mol. The SMILES string of the molecule is Clc1cnc(C23CCNCC2C3)nc1. The van der Waals surface area contributed by atoms with E-state index < -0.39 is 0 Å². The summed E-state index contributed by atoms with van der Waals surface area (Å²) < 4.78 is 0. The van der Waals surface area contributed by atoms with E-state index in [1.807, 2.05) is 0 Å². The summed E-state index contributed by atoms with van der Waals surface area (Å²) >= 11 is 5.77. The van der Waals surface area contributed by atoms with Crippen LogP contribution in [-0.4, -0.2) is 23.1 Å². The van der Waals surface area contributed by atoms with Gasteiger partial charge in [-0.2, -0.15) is 0 Å². The van der Waals surface area contributed by atoms with Crippen LogP contribution in [0.25, 0.3) is 0 Å². The summed E-state index contributed by atoms with van der Waals surface area (Å²) in [5.41, 5.74) is 0.288. The van der Waals surface area contributed by atoms with Gasteiger partial charge in [-0.15, -0.1) is 0 Å². The third kappa shape index (κ3) is 1.16. The van der Waals surface area contributed by atoms with E-state index in [4.69, 9.17) is 11.6 Å². The lowest BCUT2D eigenvalue weighted by atomic mass is 9.95. The van der Waals surface area contributed by atoms with Gasteiger partial charge in [0.1, 0.15) is 5.82 Å². The molecule has 74 valence electrons. The zero-order valence-electron chi connectivity index (χ0n) is 7.83. The van der Waals surface area contributed by atoms with E-state index >= 15 is 0 Å². The highest BCUT2D eigenvalue weighted by atomic mass is 35.5. The van der Waals surface area contributed by atoms with Gasteiger partial charge in [-0.05, 0) is 31.8 Å². The monoisotopic (exact) mass is 209 g/mol. The van der Waals surface area contributed by atoms with Crippen LogP contribution in [-0.2, 0) is 5.41 Å². The second kappa shape index (κ2) is 2.91. The number of fused-ring (bicyclic) bond motifs is 1. The molecule has 0 radical (unpaired) electrons. The molecule has 2 aliphatic rings. The molecule has 0 amide bonds. The second-order valence-electron chi connectivity index (χ2n) is 4.24. The molecule has 0 spiro atoms. The summed E-state index contributed by atoms with van der Waals surface area (Å²) in [6, 6.07) is 0. The van der Waals surface area contributed by atoms with E-state index in [9.17, 15) is 0 Å². The fraction of sp³-hybridized carbons (Fsp3) is 0.600. The van der Waals surface area contributed by atoms with Crippen molar-refractivity contribution in [1.29, 1.82) is 0 Å². The van der Waals surface area contributed by atoms with Crippen molar-refractivity contribution in [2.45, 2.75) is 18.3 Å². The minimum absolute atomic E-state index is 0.288. The average molecular weight is 210 g/mol. The summed E-state index contributed by atoms with van der Waals surface area (Å²) in [6.45, 7) is 2.20. The smallest absolute Gasteiger partial charge is 0.134 e. The molecule has 1 aliphatic heterocycles. The first-order valence-corrected chi connectivity index (χ1v) is 5.38. The summed E-state index contributed by atoms with van der Waals surface area (Å²) in [7, 11) is 0. The Morgan fingerprint density at radius 2 is 2.21 bits per heavy atom. The summed E-state index contributed by atoms with van der Waals surface area (Å²) in [4.78, 5) is 8.69. The van der Waals surface area contributed by atoms with Crippen LogP contribution < -0.4 is 5.32 Å². The molecule has 4 heteroatoms. The quantitative estimate of drug-likeness (QED) is 0.760. The lowest BCUT2D eigenvalue weighted by Crippen LogP contribution is -2.32. The molecule has 2 fully saturated rings. The minimum atomic E-state index is 0.288. The third-order valence-electron chi connectivity index (χ3n) is 3.44. The van der Waals surface area contributed by atoms with E-state index in [0.717, 1.165) is 24.8 Å². The van der Waals surface area contributed by atoms with Gasteiger partial charge in [0.25, 0.3) is 0 Å². The number of hydrogen-bond acceptors (Lipinski definition) is 3. The van der Waals surface area contributed by atoms with Crippen LogP contribution in [0.4, 0.5) is 0 Å². The summed E-state index contributed by atoms with van der Waals surface area (Å²) in [6.07, 6.45) is 5.81. The maximum atomic E-state index is 5.77. The fourth-order valence-corrected chi connectivity index (χ4v) is 2.59. The van der Waals surface area contributed by atoms with Crippen LogP contribution >= 0.6 is 11.6 Å². The van der Waals surface area contributed by atoms with Crippen molar-refractivity contribution in [3.63, 3.8) is 0 Å². The molecule has 1 aliphatic carbocycles. The van der Waals surface area contributed by atoms with E-state index in [2.05, 4.69) is 15.3 Å². The Kier molecular flexibility index (Phi) is 1.79. The van der Waals surface area contributed by atoms with Gasteiger partial charge in [-0.1, -0.05) is 11.6 Å². The molecule has 0 bridgehead atoms. The number of rotatable bonds is 1. The Labute approximate surface area is 87.9 Å². The summed E-state index contributed by atoms with van der Waals surface area (Å²) in [5.74, 6) is 1.74. The van der Waals surface area contributed by atoms with Crippen molar-refractivity contribution < 1.29 is 0 Å². The van der Waals surface area contributed by atoms with Gasteiger partial charge in [0.15, 0.2) is 0 Å². The second-order valence-corrected chi connectivity index (χ2v) is 4.67. The fourth-order valence-electron chi connectivity index (χ4n) is 2.50. The van der Waals surface area contributed by atoms with E-state index in [1.54, 1.807) is 12.4 Å². The van der Waals surface area contributed by atoms with Gasteiger partial charge in [-0.25, -0.2) is 9.97 Å². The van der Waals surface area contributed by atoms with E-state index in [0.29, 0.717) is 5.02 Å². The molecule has 14 heavy (non-hydrogen) atoms. The van der Waals surface area contributed by atoms with Gasteiger partial charge in [-0.3, -0.25) is 0 Å². The van der Waals surface area contributed by atoms with E-state index in [1.165, 1.54) is 12.8 Å². The number of halogens is 1. The van der Waals surface area contributed by atoms with Gasteiger partial charge in [0.05, 0.1) is 5.02 Å². The predicted octanol–water partition coefficient (Wildman–Crippen LogP) is 1.38. The molecule has 1 saturated carbocycles. The Bertz CT molecular complexity index is 351. The van der Waals surface area contributed by atoms with Crippen LogP contribution in [0.2, 0.25) is 5.02 Å². The van der Waals surface area contributed by atoms with Gasteiger partial charge >= 0.3 is 0 Å².